The van der Waals surface area contributed by atoms with E-state index in [2.05, 4.69) is 10.4 Å². The normalized spacial score (nSPS) is 14.6. The molecule has 0 radical (unpaired) electrons. The average Bonchev–Trinajstić information content (AvgIpc) is 3.00. The van der Waals surface area contributed by atoms with Crippen molar-refractivity contribution in [3.63, 3.8) is 0 Å². The second kappa shape index (κ2) is 4.70. The van der Waals surface area contributed by atoms with Crippen LogP contribution in [0.25, 0.3) is 0 Å². The molecule has 0 aromatic carbocycles. The Labute approximate surface area is 102 Å². The molecule has 8 heteroatoms. The maximum Gasteiger partial charge on any atom is 0.408 e. The van der Waals surface area contributed by atoms with Gasteiger partial charge in [0.05, 0.1) is 11.3 Å². The lowest BCUT2D eigenvalue weighted by Gasteiger charge is -2.01. The van der Waals surface area contributed by atoms with Crippen LogP contribution in [0.1, 0.15) is 12.8 Å². The third-order valence-corrected chi connectivity index (χ3v) is 2.73. The summed E-state index contributed by atoms with van der Waals surface area (Å²) in [6, 6.07) is 0. The summed E-state index contributed by atoms with van der Waals surface area (Å²) in [5.41, 5.74) is 0. The Morgan fingerprint density at radius 3 is 2.94 bits per heavy atom. The monoisotopic (exact) mass is 258 g/mol. The van der Waals surface area contributed by atoms with Gasteiger partial charge in [0.2, 0.25) is 5.91 Å². The summed E-state index contributed by atoms with van der Waals surface area (Å²) >= 11 is 5.60. The fourth-order valence-corrected chi connectivity index (χ4v) is 1.59. The van der Waals surface area contributed by atoms with Crippen molar-refractivity contribution < 1.29 is 9.72 Å². The van der Waals surface area contributed by atoms with Crippen molar-refractivity contribution in [1.29, 1.82) is 0 Å². The number of hydrogen-bond donors (Lipinski definition) is 1. The first kappa shape index (κ1) is 11.8. The van der Waals surface area contributed by atoms with E-state index >= 15 is 0 Å². The van der Waals surface area contributed by atoms with Crippen LogP contribution in [-0.2, 0) is 11.3 Å². The Hall–Kier alpha value is -1.63. The minimum atomic E-state index is -0.680. The lowest BCUT2D eigenvalue weighted by atomic mass is 10.4. The van der Waals surface area contributed by atoms with E-state index in [1.807, 2.05) is 0 Å². The lowest BCUT2D eigenvalue weighted by molar-refractivity contribution is -0.389. The predicted octanol–water partition coefficient (Wildman–Crippen LogP) is 0.971. The molecule has 1 aliphatic rings. The first-order chi connectivity index (χ1) is 8.06. The van der Waals surface area contributed by atoms with Crippen LogP contribution >= 0.6 is 11.6 Å². The van der Waals surface area contributed by atoms with Crippen molar-refractivity contribution in [1.82, 2.24) is 15.1 Å². The second-order valence-electron chi connectivity index (χ2n) is 4.00. The number of rotatable bonds is 5. The summed E-state index contributed by atoms with van der Waals surface area (Å²) in [6.07, 6.45) is 3.58. The Balaban J connectivity index is 1.90. The van der Waals surface area contributed by atoms with Gasteiger partial charge >= 0.3 is 5.82 Å². The van der Waals surface area contributed by atoms with E-state index in [1.54, 1.807) is 0 Å². The molecule has 0 spiro atoms. The van der Waals surface area contributed by atoms with Crippen molar-refractivity contribution in [3.8, 4) is 0 Å². The van der Waals surface area contributed by atoms with Crippen molar-refractivity contribution >= 4 is 23.3 Å². The zero-order chi connectivity index (χ0) is 12.4. The average molecular weight is 259 g/mol. The molecule has 0 bridgehead atoms. The zero-order valence-corrected chi connectivity index (χ0v) is 9.68. The summed E-state index contributed by atoms with van der Waals surface area (Å²) in [6.45, 7) is 0.607. The minimum absolute atomic E-state index is 0.0553. The minimum Gasteiger partial charge on any atom is -0.358 e. The number of aromatic nitrogens is 2. The summed E-state index contributed by atoms with van der Waals surface area (Å²) in [7, 11) is 0. The molecule has 1 amide bonds. The van der Waals surface area contributed by atoms with Gasteiger partial charge in [-0.3, -0.25) is 4.79 Å². The standard InChI is InChI=1S/C9H11ClN4O3/c10-7-4-13(12-9(7)14(16)17)5-8(15)11-3-6-1-2-6/h4,6H,1-3,5H2,(H,11,15). The van der Waals surface area contributed by atoms with E-state index in [-0.39, 0.29) is 17.5 Å². The van der Waals surface area contributed by atoms with Crippen LogP contribution in [0.4, 0.5) is 5.82 Å². The number of amides is 1. The van der Waals surface area contributed by atoms with Gasteiger partial charge in [-0.2, -0.15) is 4.68 Å². The summed E-state index contributed by atoms with van der Waals surface area (Å²) in [5, 5.41) is 16.8. The summed E-state index contributed by atoms with van der Waals surface area (Å²) in [4.78, 5) is 21.3. The van der Waals surface area contributed by atoms with Gasteiger partial charge in [-0.1, -0.05) is 11.6 Å². The van der Waals surface area contributed by atoms with Crippen LogP contribution in [0.5, 0.6) is 0 Å². The molecule has 0 saturated heterocycles. The van der Waals surface area contributed by atoms with Gasteiger partial charge < -0.3 is 15.4 Å². The molecule has 92 valence electrons. The van der Waals surface area contributed by atoms with Gasteiger partial charge in [-0.15, -0.1) is 0 Å². The first-order valence-corrected chi connectivity index (χ1v) is 5.58. The van der Waals surface area contributed by atoms with Crippen molar-refractivity contribution in [3.05, 3.63) is 21.3 Å². The van der Waals surface area contributed by atoms with Gasteiger partial charge in [0.15, 0.2) is 5.02 Å². The number of nitrogens with zero attached hydrogens (tertiary/aromatic N) is 3. The Morgan fingerprint density at radius 1 is 1.71 bits per heavy atom. The Morgan fingerprint density at radius 2 is 2.41 bits per heavy atom. The smallest absolute Gasteiger partial charge is 0.358 e. The maximum absolute atomic E-state index is 11.5. The number of hydrogen-bond acceptors (Lipinski definition) is 4. The van der Waals surface area contributed by atoms with Crippen LogP contribution in [0.15, 0.2) is 6.20 Å². The van der Waals surface area contributed by atoms with Crippen molar-refractivity contribution in [2.75, 3.05) is 6.54 Å². The molecule has 1 fully saturated rings. The molecule has 1 aliphatic carbocycles. The molecule has 1 heterocycles. The number of carbonyl (C=O) groups excluding carboxylic acids is 1. The third-order valence-electron chi connectivity index (χ3n) is 2.46. The Kier molecular flexibility index (Phi) is 3.28. The molecule has 1 aromatic rings. The van der Waals surface area contributed by atoms with Crippen LogP contribution in [0, 0.1) is 16.0 Å². The molecular weight excluding hydrogens is 248 g/mol. The molecule has 1 saturated carbocycles. The van der Waals surface area contributed by atoms with E-state index < -0.39 is 10.7 Å². The SMILES string of the molecule is O=C(Cn1cc(Cl)c([N+](=O)[O-])n1)NCC1CC1. The molecule has 1 aromatic heterocycles. The number of nitrogens with one attached hydrogen (secondary N) is 1. The highest BCUT2D eigenvalue weighted by Gasteiger charge is 2.23. The Bertz CT molecular complexity index is 455. The quantitative estimate of drug-likeness (QED) is 0.629. The fourth-order valence-electron chi connectivity index (χ4n) is 1.37. The van der Waals surface area contributed by atoms with Gasteiger partial charge in [0.25, 0.3) is 0 Å². The molecule has 17 heavy (non-hydrogen) atoms. The predicted molar refractivity (Wildman–Crippen MR) is 59.6 cm³/mol. The molecular formula is C9H11ClN4O3. The highest BCUT2D eigenvalue weighted by Crippen LogP contribution is 2.27. The molecule has 2 rings (SSSR count). The van der Waals surface area contributed by atoms with Crippen molar-refractivity contribution in [2.45, 2.75) is 19.4 Å². The van der Waals surface area contributed by atoms with Gasteiger partial charge in [0, 0.05) is 6.54 Å². The molecule has 0 unspecified atom stereocenters. The highest BCUT2D eigenvalue weighted by atomic mass is 35.5. The topological polar surface area (TPSA) is 90.1 Å². The third kappa shape index (κ3) is 3.16. The van der Waals surface area contributed by atoms with Crippen LogP contribution in [-0.4, -0.2) is 27.2 Å². The zero-order valence-electron chi connectivity index (χ0n) is 8.93. The summed E-state index contributed by atoms with van der Waals surface area (Å²) in [5.74, 6) is -0.0536. The number of halogens is 1. The number of nitro groups is 1. The fraction of sp³-hybridized carbons (Fsp3) is 0.556. The van der Waals surface area contributed by atoms with Gasteiger partial charge in [0.1, 0.15) is 6.54 Å². The lowest BCUT2D eigenvalue weighted by Crippen LogP contribution is -2.29. The van der Waals surface area contributed by atoms with Crippen LogP contribution in [0.3, 0.4) is 0 Å². The first-order valence-electron chi connectivity index (χ1n) is 5.20. The second-order valence-corrected chi connectivity index (χ2v) is 4.41. The molecule has 1 N–H and O–H groups in total. The largest absolute Gasteiger partial charge is 0.408 e. The van der Waals surface area contributed by atoms with E-state index in [1.165, 1.54) is 10.9 Å². The molecule has 7 nitrogen and oxygen atoms in total. The van der Waals surface area contributed by atoms with Gasteiger partial charge in [-0.25, -0.2) is 0 Å². The van der Waals surface area contributed by atoms with Crippen LogP contribution in [0.2, 0.25) is 5.02 Å². The van der Waals surface area contributed by atoms with E-state index in [0.717, 1.165) is 12.8 Å². The van der Waals surface area contributed by atoms with Crippen LogP contribution < -0.4 is 5.32 Å². The molecule has 0 atom stereocenters. The highest BCUT2D eigenvalue weighted by molar-refractivity contribution is 6.32. The molecule has 0 aliphatic heterocycles. The maximum atomic E-state index is 11.5. The van der Waals surface area contributed by atoms with E-state index in [4.69, 9.17) is 11.6 Å². The van der Waals surface area contributed by atoms with E-state index in [9.17, 15) is 14.9 Å². The summed E-state index contributed by atoms with van der Waals surface area (Å²) < 4.78 is 1.17. The van der Waals surface area contributed by atoms with E-state index in [0.29, 0.717) is 12.5 Å². The van der Waals surface area contributed by atoms with Gasteiger partial charge in [-0.05, 0) is 23.7 Å². The number of carbonyl (C=O) groups is 1. The van der Waals surface area contributed by atoms with Crippen molar-refractivity contribution in [2.24, 2.45) is 5.92 Å².